The third kappa shape index (κ3) is 6.63. The summed E-state index contributed by atoms with van der Waals surface area (Å²) in [4.78, 5) is 50.2. The van der Waals surface area contributed by atoms with Gasteiger partial charge in [0, 0.05) is 49.9 Å². The van der Waals surface area contributed by atoms with E-state index in [9.17, 15) is 14.4 Å². The van der Waals surface area contributed by atoms with Crippen molar-refractivity contribution in [3.63, 3.8) is 0 Å². The van der Waals surface area contributed by atoms with Crippen molar-refractivity contribution in [2.75, 3.05) is 58.4 Å². The van der Waals surface area contributed by atoms with Crippen LogP contribution in [0.5, 0.6) is 0 Å². The SMILES string of the molecule is CN(C)CCN1CN(c2ccccc2)C2(CCN(C(=O)C(Cc3ccc(Cl)cc3)NC(=O)C3NCCc4ccccc43)CC2)C1=O. The van der Waals surface area contributed by atoms with Crippen LogP contribution in [-0.4, -0.2) is 97.5 Å². The van der Waals surface area contributed by atoms with Crippen LogP contribution in [-0.2, 0) is 27.2 Å². The Balaban J connectivity index is 1.21. The van der Waals surface area contributed by atoms with Crippen molar-refractivity contribution in [2.24, 2.45) is 0 Å². The first-order chi connectivity index (χ1) is 22.2. The smallest absolute Gasteiger partial charge is 0.250 e. The second-order valence-electron chi connectivity index (χ2n) is 12.9. The van der Waals surface area contributed by atoms with E-state index in [1.165, 1.54) is 0 Å². The highest BCUT2D eigenvalue weighted by atomic mass is 35.5. The van der Waals surface area contributed by atoms with Crippen molar-refractivity contribution < 1.29 is 14.4 Å². The predicted octanol–water partition coefficient (Wildman–Crippen LogP) is 3.48. The maximum absolute atomic E-state index is 14.3. The van der Waals surface area contributed by atoms with Gasteiger partial charge < -0.3 is 30.2 Å². The molecule has 3 aliphatic heterocycles. The molecule has 0 radical (unpaired) electrons. The summed E-state index contributed by atoms with van der Waals surface area (Å²) in [6, 6.07) is 24.1. The monoisotopic (exact) mass is 642 g/mol. The number of rotatable bonds is 9. The number of carbonyl (C=O) groups is 3. The molecule has 2 fully saturated rings. The number of para-hydroxylation sites is 1. The number of nitrogens with zero attached hydrogens (tertiary/aromatic N) is 4. The van der Waals surface area contributed by atoms with Crippen molar-refractivity contribution in [1.29, 1.82) is 0 Å². The second kappa shape index (κ2) is 13.8. The molecule has 10 heteroatoms. The van der Waals surface area contributed by atoms with E-state index in [4.69, 9.17) is 11.6 Å². The van der Waals surface area contributed by atoms with Crippen molar-refractivity contribution >= 4 is 35.0 Å². The Morgan fingerprint density at radius 2 is 1.70 bits per heavy atom. The van der Waals surface area contributed by atoms with Crippen molar-refractivity contribution in [3.05, 3.63) is 101 Å². The van der Waals surface area contributed by atoms with E-state index < -0.39 is 17.6 Å². The summed E-state index contributed by atoms with van der Waals surface area (Å²) in [7, 11) is 4.02. The molecule has 3 heterocycles. The van der Waals surface area contributed by atoms with Gasteiger partial charge in [-0.3, -0.25) is 14.4 Å². The Morgan fingerprint density at radius 1 is 1.00 bits per heavy atom. The second-order valence-corrected chi connectivity index (χ2v) is 13.3. The molecule has 46 heavy (non-hydrogen) atoms. The fourth-order valence-corrected chi connectivity index (χ4v) is 7.19. The summed E-state index contributed by atoms with van der Waals surface area (Å²) in [6.45, 7) is 3.49. The zero-order valence-corrected chi connectivity index (χ0v) is 27.4. The Morgan fingerprint density at radius 3 is 2.41 bits per heavy atom. The Labute approximate surface area is 276 Å². The standard InChI is InChI=1S/C36H43ClN6O3/c1-40(2)22-23-42-25-43(29-9-4-3-5-10-29)36(35(42)46)17-20-41(21-18-36)34(45)31(24-26-12-14-28(37)15-13-26)39-33(44)32-30-11-7-6-8-27(30)16-19-38-32/h3-15,31-32,38H,16-25H2,1-2H3,(H,39,44). The highest BCUT2D eigenvalue weighted by Gasteiger charge is 2.54. The largest absolute Gasteiger partial charge is 0.342 e. The molecule has 9 nitrogen and oxygen atoms in total. The molecule has 242 valence electrons. The molecule has 0 aliphatic carbocycles. The topological polar surface area (TPSA) is 88.2 Å². The number of likely N-dealkylation sites (N-methyl/N-ethyl adjacent to an activating group) is 1. The molecule has 2 N–H and O–H groups in total. The van der Waals surface area contributed by atoms with E-state index in [2.05, 4.69) is 38.6 Å². The van der Waals surface area contributed by atoms with Crippen LogP contribution in [0.2, 0.25) is 5.02 Å². The average molecular weight is 643 g/mol. The third-order valence-electron chi connectivity index (χ3n) is 9.64. The lowest BCUT2D eigenvalue weighted by Crippen LogP contribution is -2.60. The van der Waals surface area contributed by atoms with Crippen molar-refractivity contribution in [3.8, 4) is 0 Å². The lowest BCUT2D eigenvalue weighted by Gasteiger charge is -2.44. The van der Waals surface area contributed by atoms with Crippen molar-refractivity contribution in [1.82, 2.24) is 25.3 Å². The number of anilines is 1. The average Bonchev–Trinajstić information content (AvgIpc) is 3.34. The zero-order chi connectivity index (χ0) is 32.3. The van der Waals surface area contributed by atoms with Crippen LogP contribution in [0.25, 0.3) is 0 Å². The van der Waals surface area contributed by atoms with Gasteiger partial charge in [0.25, 0.3) is 0 Å². The van der Waals surface area contributed by atoms with Crippen LogP contribution in [0, 0.1) is 0 Å². The number of benzene rings is 3. The molecule has 3 amide bonds. The van der Waals surface area contributed by atoms with Gasteiger partial charge in [0.2, 0.25) is 17.7 Å². The fourth-order valence-electron chi connectivity index (χ4n) is 7.06. The predicted molar refractivity (Wildman–Crippen MR) is 181 cm³/mol. The molecule has 6 rings (SSSR count). The van der Waals surface area contributed by atoms with Crippen LogP contribution in [0.4, 0.5) is 5.69 Å². The van der Waals surface area contributed by atoms with E-state index in [0.717, 1.165) is 35.3 Å². The first kappa shape index (κ1) is 32.0. The van der Waals surface area contributed by atoms with E-state index in [0.29, 0.717) is 57.1 Å². The van der Waals surface area contributed by atoms with Crippen LogP contribution < -0.4 is 15.5 Å². The lowest BCUT2D eigenvalue weighted by molar-refractivity contribution is -0.141. The Hall–Kier alpha value is -3.92. The molecule has 0 saturated carbocycles. The summed E-state index contributed by atoms with van der Waals surface area (Å²) in [6.07, 6.45) is 2.23. The number of fused-ring (bicyclic) bond motifs is 1. The molecule has 3 aliphatic rings. The number of likely N-dealkylation sites (tertiary alicyclic amines) is 1. The molecule has 2 atom stereocenters. The minimum absolute atomic E-state index is 0.123. The maximum atomic E-state index is 14.3. The first-order valence-electron chi connectivity index (χ1n) is 16.2. The van der Waals surface area contributed by atoms with Gasteiger partial charge in [0.05, 0.1) is 6.67 Å². The molecule has 2 saturated heterocycles. The number of amides is 3. The van der Waals surface area contributed by atoms with E-state index in [1.54, 1.807) is 12.1 Å². The molecule has 3 aromatic rings. The van der Waals surface area contributed by atoms with E-state index in [1.807, 2.05) is 72.4 Å². The summed E-state index contributed by atoms with van der Waals surface area (Å²) < 4.78 is 0. The normalized spacial score (nSPS) is 19.8. The van der Waals surface area contributed by atoms with Crippen molar-refractivity contribution in [2.45, 2.75) is 43.3 Å². The van der Waals surface area contributed by atoms with Gasteiger partial charge in [-0.1, -0.05) is 66.2 Å². The van der Waals surface area contributed by atoms with Crippen LogP contribution >= 0.6 is 11.6 Å². The minimum atomic E-state index is -0.764. The van der Waals surface area contributed by atoms with Gasteiger partial charge in [-0.15, -0.1) is 0 Å². The number of nitrogens with one attached hydrogen (secondary N) is 2. The lowest BCUT2D eigenvalue weighted by atomic mass is 9.85. The summed E-state index contributed by atoms with van der Waals surface area (Å²) in [5.74, 6) is -0.229. The molecule has 0 aromatic heterocycles. The molecule has 2 unspecified atom stereocenters. The highest BCUT2D eigenvalue weighted by Crippen LogP contribution is 2.39. The molecule has 1 spiro atoms. The van der Waals surface area contributed by atoms with E-state index >= 15 is 0 Å². The Bertz CT molecular complexity index is 1540. The zero-order valence-electron chi connectivity index (χ0n) is 26.6. The van der Waals surface area contributed by atoms with E-state index in [-0.39, 0.29) is 17.7 Å². The number of hydrogen-bond acceptors (Lipinski definition) is 6. The number of carbonyl (C=O) groups excluding carboxylic acids is 3. The quantitative estimate of drug-likeness (QED) is 0.372. The maximum Gasteiger partial charge on any atom is 0.250 e. The first-order valence-corrected chi connectivity index (χ1v) is 16.5. The summed E-state index contributed by atoms with van der Waals surface area (Å²) in [5, 5.41) is 7.07. The third-order valence-corrected chi connectivity index (χ3v) is 9.89. The van der Waals surface area contributed by atoms with Gasteiger partial charge in [0.15, 0.2) is 0 Å². The molecular formula is C36H43ClN6O3. The number of hydrogen-bond donors (Lipinski definition) is 2. The number of piperidine rings is 1. The van der Waals surface area contributed by atoms with Gasteiger partial charge in [-0.2, -0.15) is 0 Å². The van der Waals surface area contributed by atoms with Gasteiger partial charge in [-0.25, -0.2) is 0 Å². The Kier molecular flexibility index (Phi) is 9.63. The number of halogens is 1. The van der Waals surface area contributed by atoms with Gasteiger partial charge >= 0.3 is 0 Å². The molecule has 3 aromatic carbocycles. The molecular weight excluding hydrogens is 600 g/mol. The fraction of sp³-hybridized carbons (Fsp3) is 0.417. The van der Waals surface area contributed by atoms with Crippen LogP contribution in [0.15, 0.2) is 78.9 Å². The minimum Gasteiger partial charge on any atom is -0.342 e. The summed E-state index contributed by atoms with van der Waals surface area (Å²) in [5.41, 5.74) is 3.30. The summed E-state index contributed by atoms with van der Waals surface area (Å²) >= 11 is 6.15. The highest BCUT2D eigenvalue weighted by molar-refractivity contribution is 6.30. The van der Waals surface area contributed by atoms with Gasteiger partial charge in [0.1, 0.15) is 17.6 Å². The molecule has 0 bridgehead atoms. The van der Waals surface area contributed by atoms with Crippen LogP contribution in [0.1, 0.15) is 35.6 Å². The van der Waals surface area contributed by atoms with Gasteiger partial charge in [-0.05, 0) is 74.3 Å². The van der Waals surface area contributed by atoms with Crippen LogP contribution in [0.3, 0.4) is 0 Å².